The Balaban J connectivity index is 1.36. The van der Waals surface area contributed by atoms with Gasteiger partial charge in [0, 0.05) is 43.3 Å². The smallest absolute Gasteiger partial charge is 0.315 e. The molecule has 1 aromatic heterocycles. The van der Waals surface area contributed by atoms with E-state index in [1.54, 1.807) is 35.2 Å². The fraction of sp³-hybridized carbons (Fsp3) is 0.517. The van der Waals surface area contributed by atoms with E-state index in [0.29, 0.717) is 61.7 Å². The van der Waals surface area contributed by atoms with Gasteiger partial charge in [-0.25, -0.2) is 9.78 Å². The highest BCUT2D eigenvalue weighted by atomic mass is 35.5. The molecule has 1 saturated carbocycles. The number of nitrogens with one attached hydrogen (secondary N) is 3. The molecular weight excluding hydrogens is 546 g/mol. The van der Waals surface area contributed by atoms with Gasteiger partial charge >= 0.3 is 6.03 Å². The minimum absolute atomic E-state index is 0.0325. The van der Waals surface area contributed by atoms with Crippen LogP contribution in [-0.2, 0) is 4.74 Å². The molecule has 1 aliphatic carbocycles. The Morgan fingerprint density at radius 2 is 1.76 bits per heavy atom. The zero-order chi connectivity index (χ0) is 28.8. The molecule has 2 saturated heterocycles. The van der Waals surface area contributed by atoms with E-state index in [0.717, 1.165) is 38.0 Å². The molecule has 2 aromatic rings. The number of anilines is 3. The summed E-state index contributed by atoms with van der Waals surface area (Å²) >= 11 is 5.74. The normalized spacial score (nSPS) is 21.1. The molecule has 1 aromatic carbocycles. The molecular formula is C29H38ClN7O4. The molecule has 1 unspecified atom stereocenters. The molecule has 2 aliphatic heterocycles. The van der Waals surface area contributed by atoms with Gasteiger partial charge in [0.25, 0.3) is 11.8 Å². The number of carbonyl (C=O) groups excluding carboxylic acids is 3. The van der Waals surface area contributed by atoms with Crippen LogP contribution in [0.15, 0.2) is 36.4 Å². The van der Waals surface area contributed by atoms with Crippen LogP contribution in [0.3, 0.4) is 0 Å². The second kappa shape index (κ2) is 13.4. The Morgan fingerprint density at radius 1 is 1.00 bits per heavy atom. The number of morpholine rings is 1. The molecule has 3 fully saturated rings. The zero-order valence-electron chi connectivity index (χ0n) is 23.1. The van der Waals surface area contributed by atoms with Crippen molar-refractivity contribution in [2.75, 3.05) is 55.5 Å². The quantitative estimate of drug-likeness (QED) is 0.332. The summed E-state index contributed by atoms with van der Waals surface area (Å²) < 4.78 is 5.34. The van der Waals surface area contributed by atoms with Crippen LogP contribution in [-0.4, -0.2) is 85.1 Å². The largest absolute Gasteiger partial charge is 0.378 e. The van der Waals surface area contributed by atoms with Gasteiger partial charge in [-0.05, 0) is 68.0 Å². The first-order valence-electron chi connectivity index (χ1n) is 14.4. The van der Waals surface area contributed by atoms with E-state index in [9.17, 15) is 14.4 Å². The van der Waals surface area contributed by atoms with Gasteiger partial charge in [-0.15, -0.1) is 11.6 Å². The van der Waals surface area contributed by atoms with Gasteiger partial charge in [-0.1, -0.05) is 6.42 Å². The lowest BCUT2D eigenvalue weighted by Crippen LogP contribution is -2.61. The number of primary amides is 1. The Labute approximate surface area is 245 Å². The number of nitrogens with two attached hydrogens (primary N) is 1. The van der Waals surface area contributed by atoms with Crippen molar-refractivity contribution in [3.8, 4) is 0 Å². The van der Waals surface area contributed by atoms with Crippen LogP contribution in [0, 0.1) is 5.92 Å². The topological polar surface area (TPSA) is 142 Å². The van der Waals surface area contributed by atoms with Crippen molar-refractivity contribution in [2.24, 2.45) is 11.7 Å². The summed E-state index contributed by atoms with van der Waals surface area (Å²) in [7, 11) is 0. The van der Waals surface area contributed by atoms with Gasteiger partial charge in [-0.3, -0.25) is 9.59 Å². The van der Waals surface area contributed by atoms with E-state index in [4.69, 9.17) is 27.1 Å². The molecule has 5 N–H and O–H groups in total. The van der Waals surface area contributed by atoms with E-state index in [1.165, 1.54) is 6.42 Å². The number of pyridine rings is 1. The van der Waals surface area contributed by atoms with Crippen LogP contribution in [0.2, 0.25) is 0 Å². The number of benzene rings is 1. The van der Waals surface area contributed by atoms with E-state index >= 15 is 0 Å². The summed E-state index contributed by atoms with van der Waals surface area (Å²) in [6.07, 6.45) is 5.15. The highest BCUT2D eigenvalue weighted by Crippen LogP contribution is 2.39. The minimum Gasteiger partial charge on any atom is -0.378 e. The van der Waals surface area contributed by atoms with E-state index in [2.05, 4.69) is 20.9 Å². The van der Waals surface area contributed by atoms with Crippen LogP contribution >= 0.6 is 11.6 Å². The monoisotopic (exact) mass is 583 g/mol. The summed E-state index contributed by atoms with van der Waals surface area (Å²) in [5.74, 6) is 1.25. The number of amides is 4. The number of ether oxygens (including phenoxy) is 1. The second-order valence-electron chi connectivity index (χ2n) is 10.7. The third kappa shape index (κ3) is 6.84. The number of piperidine rings is 1. The van der Waals surface area contributed by atoms with Crippen LogP contribution in [0.4, 0.5) is 22.1 Å². The first-order valence-corrected chi connectivity index (χ1v) is 14.9. The van der Waals surface area contributed by atoms with E-state index in [-0.39, 0.29) is 29.6 Å². The highest BCUT2D eigenvalue weighted by molar-refractivity contribution is 6.18. The lowest BCUT2D eigenvalue weighted by molar-refractivity contribution is 0.0303. The Kier molecular flexibility index (Phi) is 9.45. The van der Waals surface area contributed by atoms with Crippen molar-refractivity contribution in [1.82, 2.24) is 20.5 Å². The van der Waals surface area contributed by atoms with E-state index < -0.39 is 5.91 Å². The van der Waals surface area contributed by atoms with Crippen LogP contribution < -0.4 is 26.6 Å². The first-order chi connectivity index (χ1) is 19.9. The summed E-state index contributed by atoms with van der Waals surface area (Å²) in [6.45, 7) is 3.43. The molecule has 220 valence electrons. The van der Waals surface area contributed by atoms with Crippen molar-refractivity contribution in [1.29, 1.82) is 0 Å². The van der Waals surface area contributed by atoms with Gasteiger partial charge in [-0.2, -0.15) is 0 Å². The maximum Gasteiger partial charge on any atom is 0.315 e. The molecule has 3 heterocycles. The molecule has 11 nitrogen and oxygen atoms in total. The summed E-state index contributed by atoms with van der Waals surface area (Å²) in [4.78, 5) is 46.6. The lowest BCUT2D eigenvalue weighted by atomic mass is 9.74. The number of nitrogens with zero attached hydrogens (tertiary/aromatic N) is 3. The van der Waals surface area contributed by atoms with Crippen LogP contribution in [0.25, 0.3) is 0 Å². The van der Waals surface area contributed by atoms with E-state index in [1.807, 2.05) is 6.07 Å². The maximum absolute atomic E-state index is 12.8. The minimum atomic E-state index is -0.588. The molecule has 4 amide bonds. The fourth-order valence-electron chi connectivity index (χ4n) is 5.87. The van der Waals surface area contributed by atoms with Crippen molar-refractivity contribution in [3.63, 3.8) is 0 Å². The Bertz CT molecular complexity index is 1230. The number of alkyl halides is 1. The zero-order valence-corrected chi connectivity index (χ0v) is 23.9. The number of rotatable bonds is 9. The number of aromatic nitrogens is 1. The van der Waals surface area contributed by atoms with Crippen molar-refractivity contribution in [2.45, 2.75) is 44.2 Å². The van der Waals surface area contributed by atoms with Gasteiger partial charge in [0.1, 0.15) is 11.6 Å². The molecule has 12 heteroatoms. The summed E-state index contributed by atoms with van der Waals surface area (Å²) in [5.41, 5.74) is 7.25. The van der Waals surface area contributed by atoms with Crippen LogP contribution in [0.1, 0.15) is 52.8 Å². The van der Waals surface area contributed by atoms with Gasteiger partial charge in [0.05, 0.1) is 30.9 Å². The Morgan fingerprint density at radius 3 is 2.41 bits per heavy atom. The SMILES string of the molecule is NC(=O)c1ccc(N2CCC[C@@H](NC(=O)NCCCl)C2C2CCC2)nc1Nc1ccc(C(=O)N2CCOCC2)cc1. The average Bonchev–Trinajstić information content (AvgIpc) is 2.96. The van der Waals surface area contributed by atoms with Gasteiger partial charge < -0.3 is 36.2 Å². The van der Waals surface area contributed by atoms with Crippen molar-refractivity contribution >= 4 is 46.8 Å². The fourth-order valence-corrected chi connectivity index (χ4v) is 5.97. The molecule has 3 aliphatic rings. The molecule has 2 atom stereocenters. The predicted octanol–water partition coefficient (Wildman–Crippen LogP) is 3.07. The lowest BCUT2D eigenvalue weighted by Gasteiger charge is -2.49. The number of carbonyl (C=O) groups is 3. The number of hydrogen-bond acceptors (Lipinski definition) is 7. The third-order valence-electron chi connectivity index (χ3n) is 8.15. The maximum atomic E-state index is 12.8. The number of urea groups is 1. The van der Waals surface area contributed by atoms with Gasteiger partial charge in [0.15, 0.2) is 0 Å². The highest BCUT2D eigenvalue weighted by Gasteiger charge is 2.41. The Hall–Kier alpha value is -3.57. The molecule has 0 radical (unpaired) electrons. The van der Waals surface area contributed by atoms with Gasteiger partial charge in [0.2, 0.25) is 0 Å². The standard InChI is InChI=1S/C29H38ClN7O4/c30-12-13-32-29(40)34-23-5-2-14-37(25(23)19-3-1-4-19)24-11-10-22(26(31)38)27(35-24)33-21-8-6-20(7-9-21)28(39)36-15-17-41-18-16-36/h6-11,19,23,25H,1-5,12-18H2,(H2,31,38)(H,33,35)(H2,32,34,40)/t23-,25?/m1/s1. The molecule has 5 rings (SSSR count). The third-order valence-corrected chi connectivity index (χ3v) is 8.34. The average molecular weight is 584 g/mol. The number of halogens is 1. The van der Waals surface area contributed by atoms with Crippen molar-refractivity contribution in [3.05, 3.63) is 47.5 Å². The summed E-state index contributed by atoms with van der Waals surface area (Å²) in [5, 5.41) is 9.22. The summed E-state index contributed by atoms with van der Waals surface area (Å²) in [6, 6.07) is 10.5. The molecule has 0 bridgehead atoms. The number of hydrogen-bond donors (Lipinski definition) is 4. The second-order valence-corrected chi connectivity index (χ2v) is 11.1. The van der Waals surface area contributed by atoms with Crippen LogP contribution in [0.5, 0.6) is 0 Å². The predicted molar refractivity (Wildman–Crippen MR) is 158 cm³/mol. The molecule has 0 spiro atoms. The molecule has 41 heavy (non-hydrogen) atoms. The first kappa shape index (κ1) is 28.9. The van der Waals surface area contributed by atoms with Crippen molar-refractivity contribution < 1.29 is 19.1 Å².